The fourth-order valence-corrected chi connectivity index (χ4v) is 2.84. The van der Waals surface area contributed by atoms with Gasteiger partial charge < -0.3 is 10.1 Å². The molecule has 0 fully saturated rings. The highest BCUT2D eigenvalue weighted by Gasteiger charge is 2.06. The molecule has 25 heavy (non-hydrogen) atoms. The maximum absolute atomic E-state index is 13.0. The van der Waals surface area contributed by atoms with E-state index in [1.807, 2.05) is 18.2 Å². The Morgan fingerprint density at radius 3 is 2.52 bits per heavy atom. The summed E-state index contributed by atoms with van der Waals surface area (Å²) in [7, 11) is 0. The molecule has 2 nitrogen and oxygen atoms in total. The zero-order valence-electron chi connectivity index (χ0n) is 14.9. The number of rotatable bonds is 11. The largest absolute Gasteiger partial charge is 0.489 e. The lowest BCUT2D eigenvalue weighted by molar-refractivity contribution is 0.302. The number of ether oxygens (including phenoxy) is 1. The van der Waals surface area contributed by atoms with Gasteiger partial charge in [-0.2, -0.15) is 0 Å². The van der Waals surface area contributed by atoms with Crippen LogP contribution >= 0.6 is 11.6 Å². The summed E-state index contributed by atoms with van der Waals surface area (Å²) in [5.74, 6) is 0.575. The zero-order chi connectivity index (χ0) is 17.9. The topological polar surface area (TPSA) is 21.3 Å². The van der Waals surface area contributed by atoms with Crippen LogP contribution in [0.25, 0.3) is 0 Å². The summed E-state index contributed by atoms with van der Waals surface area (Å²) in [6.45, 7) is 4.36. The number of nitrogens with one attached hydrogen (secondary N) is 1. The van der Waals surface area contributed by atoms with Gasteiger partial charge in [0.05, 0.1) is 0 Å². The summed E-state index contributed by atoms with van der Waals surface area (Å²) in [5.41, 5.74) is 1.98. The van der Waals surface area contributed by atoms with Crippen molar-refractivity contribution in [3.8, 4) is 5.75 Å². The van der Waals surface area contributed by atoms with E-state index in [1.165, 1.54) is 44.2 Å². The Hall–Kier alpha value is -1.58. The Kier molecular flexibility index (Phi) is 8.78. The molecule has 136 valence electrons. The third kappa shape index (κ3) is 7.45. The average Bonchev–Trinajstić information content (AvgIpc) is 2.61. The van der Waals surface area contributed by atoms with E-state index in [1.54, 1.807) is 12.1 Å². The molecule has 0 spiro atoms. The van der Waals surface area contributed by atoms with E-state index in [0.29, 0.717) is 11.6 Å². The van der Waals surface area contributed by atoms with Gasteiger partial charge in [-0.1, -0.05) is 56.3 Å². The van der Waals surface area contributed by atoms with Crippen molar-refractivity contribution in [3.63, 3.8) is 0 Å². The number of unbranched alkanes of at least 4 members (excludes halogenated alkanes) is 4. The molecule has 4 heteroatoms. The first-order chi connectivity index (χ1) is 12.2. The van der Waals surface area contributed by atoms with Crippen molar-refractivity contribution in [1.82, 2.24) is 5.32 Å². The Bertz CT molecular complexity index is 630. The Labute approximate surface area is 155 Å². The zero-order valence-corrected chi connectivity index (χ0v) is 15.6. The lowest BCUT2D eigenvalue weighted by Crippen LogP contribution is -2.15. The standard InChI is InChI=1S/C21H27ClFNO/c1-2-3-4-5-6-13-24-15-18-14-19(22)9-12-21(18)25-16-17-7-10-20(23)11-8-17/h7-12,14,24H,2-6,13,15-16H2,1H3. The predicted octanol–water partition coefficient (Wildman–Crippen LogP) is 6.12. The van der Waals surface area contributed by atoms with E-state index >= 15 is 0 Å². The van der Waals surface area contributed by atoms with Crippen molar-refractivity contribution in [3.05, 3.63) is 64.4 Å². The molecule has 0 amide bonds. The van der Waals surface area contributed by atoms with E-state index < -0.39 is 0 Å². The van der Waals surface area contributed by atoms with E-state index in [4.69, 9.17) is 16.3 Å². The second-order valence-electron chi connectivity index (χ2n) is 6.26. The van der Waals surface area contributed by atoms with Crippen molar-refractivity contribution in [1.29, 1.82) is 0 Å². The van der Waals surface area contributed by atoms with Gasteiger partial charge >= 0.3 is 0 Å². The average molecular weight is 364 g/mol. The van der Waals surface area contributed by atoms with Crippen LogP contribution in [0.15, 0.2) is 42.5 Å². The molecule has 0 atom stereocenters. The maximum Gasteiger partial charge on any atom is 0.124 e. The number of hydrogen-bond donors (Lipinski definition) is 1. The second-order valence-corrected chi connectivity index (χ2v) is 6.69. The Morgan fingerprint density at radius 2 is 1.76 bits per heavy atom. The van der Waals surface area contributed by atoms with Gasteiger partial charge in [-0.05, 0) is 48.9 Å². The minimum atomic E-state index is -0.237. The van der Waals surface area contributed by atoms with Crippen LogP contribution in [-0.4, -0.2) is 6.54 Å². The fourth-order valence-electron chi connectivity index (χ4n) is 2.65. The quantitative estimate of drug-likeness (QED) is 0.486. The fraction of sp³-hybridized carbons (Fsp3) is 0.429. The molecule has 0 aliphatic heterocycles. The summed E-state index contributed by atoms with van der Waals surface area (Å²) in [4.78, 5) is 0. The molecule has 2 rings (SSSR count). The number of benzene rings is 2. The van der Waals surface area contributed by atoms with Crippen LogP contribution < -0.4 is 10.1 Å². The van der Waals surface area contributed by atoms with Crippen molar-refractivity contribution in [2.75, 3.05) is 6.54 Å². The highest BCUT2D eigenvalue weighted by molar-refractivity contribution is 6.30. The van der Waals surface area contributed by atoms with E-state index in [0.717, 1.165) is 30.0 Å². The molecule has 0 aliphatic rings. The van der Waals surface area contributed by atoms with Crippen molar-refractivity contribution in [2.45, 2.75) is 52.2 Å². The SMILES string of the molecule is CCCCCCCNCc1cc(Cl)ccc1OCc1ccc(F)cc1. The summed E-state index contributed by atoms with van der Waals surface area (Å²) in [6, 6.07) is 12.0. The maximum atomic E-state index is 13.0. The smallest absolute Gasteiger partial charge is 0.124 e. The van der Waals surface area contributed by atoms with Crippen molar-refractivity contribution in [2.24, 2.45) is 0 Å². The normalized spacial score (nSPS) is 10.8. The van der Waals surface area contributed by atoms with Crippen LogP contribution in [0.4, 0.5) is 4.39 Å². The molecule has 0 saturated heterocycles. The molecular weight excluding hydrogens is 337 g/mol. The first-order valence-electron chi connectivity index (χ1n) is 9.05. The van der Waals surface area contributed by atoms with Crippen molar-refractivity contribution >= 4 is 11.6 Å². The number of hydrogen-bond acceptors (Lipinski definition) is 2. The van der Waals surface area contributed by atoms with Gasteiger partial charge in [0.2, 0.25) is 0 Å². The molecule has 0 heterocycles. The predicted molar refractivity (Wildman–Crippen MR) is 103 cm³/mol. The highest BCUT2D eigenvalue weighted by Crippen LogP contribution is 2.24. The molecule has 1 N–H and O–H groups in total. The van der Waals surface area contributed by atoms with Crippen LogP contribution in [0.3, 0.4) is 0 Å². The second kappa shape index (κ2) is 11.1. The lowest BCUT2D eigenvalue weighted by Gasteiger charge is -2.13. The van der Waals surface area contributed by atoms with E-state index in [2.05, 4.69) is 12.2 Å². The minimum Gasteiger partial charge on any atom is -0.489 e. The van der Waals surface area contributed by atoms with Gasteiger partial charge in [0, 0.05) is 17.1 Å². The molecule has 0 aliphatic carbocycles. The monoisotopic (exact) mass is 363 g/mol. The van der Waals surface area contributed by atoms with Crippen LogP contribution in [0.2, 0.25) is 5.02 Å². The summed E-state index contributed by atoms with van der Waals surface area (Å²) >= 11 is 6.12. The molecule has 2 aromatic rings. The summed E-state index contributed by atoms with van der Waals surface area (Å²) in [6.07, 6.45) is 6.35. The summed E-state index contributed by atoms with van der Waals surface area (Å²) in [5, 5.41) is 4.17. The van der Waals surface area contributed by atoms with Gasteiger partial charge in [0.1, 0.15) is 18.2 Å². The lowest BCUT2D eigenvalue weighted by atomic mass is 10.1. The molecule has 0 unspecified atom stereocenters. The van der Waals surface area contributed by atoms with Gasteiger partial charge in [-0.25, -0.2) is 4.39 Å². The van der Waals surface area contributed by atoms with Crippen LogP contribution in [-0.2, 0) is 13.2 Å². The molecule has 0 radical (unpaired) electrons. The Morgan fingerprint density at radius 1 is 1.00 bits per heavy atom. The third-order valence-electron chi connectivity index (χ3n) is 4.10. The van der Waals surface area contributed by atoms with Gasteiger partial charge in [-0.15, -0.1) is 0 Å². The molecule has 2 aromatic carbocycles. The molecular formula is C21H27ClFNO. The van der Waals surface area contributed by atoms with E-state index in [-0.39, 0.29) is 5.82 Å². The van der Waals surface area contributed by atoms with Crippen LogP contribution in [0.5, 0.6) is 5.75 Å². The van der Waals surface area contributed by atoms with Crippen LogP contribution in [0, 0.1) is 5.82 Å². The molecule has 0 aromatic heterocycles. The minimum absolute atomic E-state index is 0.237. The molecule has 0 bridgehead atoms. The van der Waals surface area contributed by atoms with Crippen LogP contribution in [0.1, 0.15) is 50.2 Å². The highest BCUT2D eigenvalue weighted by atomic mass is 35.5. The summed E-state index contributed by atoms with van der Waals surface area (Å²) < 4.78 is 18.9. The molecule has 0 saturated carbocycles. The van der Waals surface area contributed by atoms with Gasteiger partial charge in [0.25, 0.3) is 0 Å². The third-order valence-corrected chi connectivity index (χ3v) is 4.34. The van der Waals surface area contributed by atoms with E-state index in [9.17, 15) is 4.39 Å². The number of halogens is 2. The van der Waals surface area contributed by atoms with Gasteiger partial charge in [-0.3, -0.25) is 0 Å². The van der Waals surface area contributed by atoms with Gasteiger partial charge in [0.15, 0.2) is 0 Å². The first kappa shape index (κ1) is 19.7. The Balaban J connectivity index is 1.83. The first-order valence-corrected chi connectivity index (χ1v) is 9.43. The van der Waals surface area contributed by atoms with Crippen molar-refractivity contribution < 1.29 is 9.13 Å².